The molecule has 0 unspecified atom stereocenters. The van der Waals surface area contributed by atoms with Gasteiger partial charge in [-0.05, 0) is 55.7 Å². The summed E-state index contributed by atoms with van der Waals surface area (Å²) in [4.78, 5) is 6.25. The highest BCUT2D eigenvalue weighted by molar-refractivity contribution is 7.88. The monoisotopic (exact) mass is 454 g/mol. The molecule has 1 N–H and O–H groups in total. The Morgan fingerprint density at radius 2 is 1.88 bits per heavy atom. The highest BCUT2D eigenvalue weighted by Gasteiger charge is 2.38. The molecule has 2 aliphatic rings. The van der Waals surface area contributed by atoms with Crippen LogP contribution in [0.15, 0.2) is 48.7 Å². The topological polar surface area (TPSA) is 95.3 Å². The molecule has 2 aromatic rings. The summed E-state index contributed by atoms with van der Waals surface area (Å²) in [5.41, 5.74) is 2.47. The maximum Gasteiger partial charge on any atom is 0.209 e. The van der Waals surface area contributed by atoms with E-state index in [0.717, 1.165) is 31.4 Å². The minimum atomic E-state index is -3.36. The van der Waals surface area contributed by atoms with Crippen molar-refractivity contribution in [2.45, 2.75) is 56.2 Å². The van der Waals surface area contributed by atoms with E-state index >= 15 is 0 Å². The van der Waals surface area contributed by atoms with Gasteiger partial charge in [-0.3, -0.25) is 0 Å². The molecule has 4 rings (SSSR count). The molecule has 32 heavy (non-hydrogen) atoms. The van der Waals surface area contributed by atoms with Crippen LogP contribution < -0.4 is 9.62 Å². The molecule has 0 bridgehead atoms. The standard InChI is InChI=1S/C24H30N4O3S/c1-32(29,30)27-21-13-15-28(23-8-5-14-26-22(23)16-25)24(21)17-31-20-11-9-19(10-12-20)18-6-3-2-4-7-18/h2-8,14,19-21,24,27H,9-13,15,17H2,1H3/t19-,20+,21-,24-/m0/s1. The Morgan fingerprint density at radius 1 is 1.12 bits per heavy atom. The molecule has 2 atom stereocenters. The smallest absolute Gasteiger partial charge is 0.209 e. The Balaban J connectivity index is 1.43. The summed E-state index contributed by atoms with van der Waals surface area (Å²) in [5, 5.41) is 9.49. The van der Waals surface area contributed by atoms with Gasteiger partial charge in [0.05, 0.1) is 30.7 Å². The average molecular weight is 455 g/mol. The number of nitrogens with one attached hydrogen (secondary N) is 1. The van der Waals surface area contributed by atoms with Crippen LogP contribution in [0.5, 0.6) is 0 Å². The zero-order chi connectivity index (χ0) is 22.6. The normalized spacial score (nSPS) is 26.1. The lowest BCUT2D eigenvalue weighted by atomic mass is 9.83. The second kappa shape index (κ2) is 9.99. The van der Waals surface area contributed by atoms with E-state index in [0.29, 0.717) is 31.2 Å². The number of nitriles is 1. The van der Waals surface area contributed by atoms with Crippen molar-refractivity contribution in [3.05, 3.63) is 59.9 Å². The van der Waals surface area contributed by atoms with Crippen molar-refractivity contribution in [1.82, 2.24) is 9.71 Å². The molecule has 0 spiro atoms. The Kier molecular flexibility index (Phi) is 7.09. The highest BCUT2D eigenvalue weighted by atomic mass is 32.2. The Bertz CT molecular complexity index is 1050. The molecule has 1 saturated carbocycles. The summed E-state index contributed by atoms with van der Waals surface area (Å²) in [6, 6.07) is 16.0. The second-order valence-corrected chi connectivity index (χ2v) is 10.5. The van der Waals surface area contributed by atoms with Crippen molar-refractivity contribution < 1.29 is 13.2 Å². The predicted octanol–water partition coefficient (Wildman–Crippen LogP) is 3.19. The van der Waals surface area contributed by atoms with Gasteiger partial charge in [-0.15, -0.1) is 0 Å². The summed E-state index contributed by atoms with van der Waals surface area (Å²) in [6.45, 7) is 1.05. The molecule has 1 aliphatic carbocycles. The van der Waals surface area contributed by atoms with Crippen molar-refractivity contribution in [3.8, 4) is 6.07 Å². The summed E-state index contributed by atoms with van der Waals surface area (Å²) in [6.07, 6.45) is 7.77. The molecule has 1 saturated heterocycles. The van der Waals surface area contributed by atoms with E-state index in [1.807, 2.05) is 12.1 Å². The van der Waals surface area contributed by atoms with E-state index in [4.69, 9.17) is 4.74 Å². The predicted molar refractivity (Wildman–Crippen MR) is 124 cm³/mol. The van der Waals surface area contributed by atoms with Crippen molar-refractivity contribution in [2.75, 3.05) is 24.3 Å². The molecule has 2 fully saturated rings. The van der Waals surface area contributed by atoms with Crippen molar-refractivity contribution in [1.29, 1.82) is 5.26 Å². The van der Waals surface area contributed by atoms with Crippen LogP contribution in [-0.2, 0) is 14.8 Å². The lowest BCUT2D eigenvalue weighted by Crippen LogP contribution is -2.48. The highest BCUT2D eigenvalue weighted by Crippen LogP contribution is 2.35. The lowest BCUT2D eigenvalue weighted by Gasteiger charge is -2.33. The molecule has 0 radical (unpaired) electrons. The summed E-state index contributed by atoms with van der Waals surface area (Å²) >= 11 is 0. The summed E-state index contributed by atoms with van der Waals surface area (Å²) in [5.74, 6) is 0.576. The van der Waals surface area contributed by atoms with Crippen molar-refractivity contribution >= 4 is 15.7 Å². The third-order valence-corrected chi connectivity index (χ3v) is 7.29. The van der Waals surface area contributed by atoms with Gasteiger partial charge in [-0.25, -0.2) is 18.1 Å². The average Bonchev–Trinajstić information content (AvgIpc) is 3.19. The first kappa shape index (κ1) is 22.7. The second-order valence-electron chi connectivity index (χ2n) is 8.75. The van der Waals surface area contributed by atoms with E-state index in [9.17, 15) is 13.7 Å². The van der Waals surface area contributed by atoms with E-state index in [1.54, 1.807) is 12.3 Å². The van der Waals surface area contributed by atoms with Crippen LogP contribution in [0.2, 0.25) is 0 Å². The number of hydrogen-bond donors (Lipinski definition) is 1. The third-order valence-electron chi connectivity index (χ3n) is 6.56. The van der Waals surface area contributed by atoms with E-state index in [1.165, 1.54) is 11.8 Å². The van der Waals surface area contributed by atoms with Gasteiger partial charge in [0.1, 0.15) is 6.07 Å². The van der Waals surface area contributed by atoms with Gasteiger partial charge in [0.25, 0.3) is 0 Å². The molecule has 8 heteroatoms. The van der Waals surface area contributed by atoms with Gasteiger partial charge >= 0.3 is 0 Å². The number of anilines is 1. The largest absolute Gasteiger partial charge is 0.376 e. The number of nitrogens with zero attached hydrogens (tertiary/aromatic N) is 3. The van der Waals surface area contributed by atoms with E-state index in [2.05, 4.69) is 44.9 Å². The first-order valence-electron chi connectivity index (χ1n) is 11.2. The number of benzene rings is 1. The first-order valence-corrected chi connectivity index (χ1v) is 13.1. The van der Waals surface area contributed by atoms with Gasteiger partial charge in [0, 0.05) is 18.8 Å². The minimum Gasteiger partial charge on any atom is -0.376 e. The molecule has 2 heterocycles. The minimum absolute atomic E-state index is 0.167. The number of ether oxygens (including phenoxy) is 1. The van der Waals surface area contributed by atoms with Gasteiger partial charge in [-0.1, -0.05) is 30.3 Å². The Hall–Kier alpha value is -2.47. The zero-order valence-corrected chi connectivity index (χ0v) is 19.2. The van der Waals surface area contributed by atoms with Gasteiger partial charge in [0.15, 0.2) is 5.69 Å². The molecule has 1 aromatic heterocycles. The maximum absolute atomic E-state index is 11.9. The van der Waals surface area contributed by atoms with Crippen molar-refractivity contribution in [2.24, 2.45) is 0 Å². The van der Waals surface area contributed by atoms with Crippen LogP contribution in [0.4, 0.5) is 5.69 Å². The zero-order valence-electron chi connectivity index (χ0n) is 18.4. The Morgan fingerprint density at radius 3 is 2.56 bits per heavy atom. The Labute approximate surface area is 190 Å². The molecule has 1 aromatic carbocycles. The van der Waals surface area contributed by atoms with E-state index in [-0.39, 0.29) is 18.2 Å². The van der Waals surface area contributed by atoms with Gasteiger partial charge in [-0.2, -0.15) is 5.26 Å². The fourth-order valence-corrected chi connectivity index (χ4v) is 5.83. The number of rotatable bonds is 7. The maximum atomic E-state index is 11.9. The van der Waals surface area contributed by atoms with E-state index < -0.39 is 10.0 Å². The number of sulfonamides is 1. The van der Waals surface area contributed by atoms with Crippen LogP contribution in [0.3, 0.4) is 0 Å². The summed E-state index contributed by atoms with van der Waals surface area (Å²) < 4.78 is 33.0. The molecule has 0 amide bonds. The first-order chi connectivity index (χ1) is 15.4. The summed E-state index contributed by atoms with van der Waals surface area (Å²) in [7, 11) is -3.36. The molecule has 7 nitrogen and oxygen atoms in total. The quantitative estimate of drug-likeness (QED) is 0.690. The number of pyridine rings is 1. The van der Waals surface area contributed by atoms with Crippen LogP contribution in [0, 0.1) is 11.3 Å². The molecular weight excluding hydrogens is 424 g/mol. The van der Waals surface area contributed by atoms with Gasteiger partial charge in [0.2, 0.25) is 10.0 Å². The fourth-order valence-electron chi connectivity index (χ4n) is 5.01. The third kappa shape index (κ3) is 5.47. The number of hydrogen-bond acceptors (Lipinski definition) is 6. The van der Waals surface area contributed by atoms with Crippen LogP contribution in [-0.4, -0.2) is 51.0 Å². The van der Waals surface area contributed by atoms with Gasteiger partial charge < -0.3 is 9.64 Å². The number of aromatic nitrogens is 1. The van der Waals surface area contributed by atoms with Crippen LogP contribution in [0.1, 0.15) is 49.3 Å². The van der Waals surface area contributed by atoms with Crippen molar-refractivity contribution in [3.63, 3.8) is 0 Å². The molecule has 1 aliphatic heterocycles. The van der Waals surface area contributed by atoms with Crippen LogP contribution in [0.25, 0.3) is 0 Å². The fraction of sp³-hybridized carbons (Fsp3) is 0.500. The van der Waals surface area contributed by atoms with Crippen LogP contribution >= 0.6 is 0 Å². The molecular formula is C24H30N4O3S. The SMILES string of the molecule is CS(=O)(=O)N[C@H]1CCN(c2cccnc2C#N)[C@H]1CO[C@H]1CC[C@@H](c2ccccc2)CC1. The molecule has 170 valence electrons. The lowest BCUT2D eigenvalue weighted by molar-refractivity contribution is 0.0157.